The Kier molecular flexibility index (Phi) is 5.15. The van der Waals surface area contributed by atoms with E-state index in [0.717, 1.165) is 5.39 Å². The lowest BCUT2D eigenvalue weighted by Gasteiger charge is -2.30. The second-order valence-corrected chi connectivity index (χ2v) is 11.1. The summed E-state index contributed by atoms with van der Waals surface area (Å²) < 4.78 is 75.9. The number of halogens is 3. The average molecular weight is 434 g/mol. The molecule has 1 heterocycles. The van der Waals surface area contributed by atoms with E-state index in [1.807, 2.05) is 12.1 Å². The highest BCUT2D eigenvalue weighted by Gasteiger charge is 2.49. The lowest BCUT2D eigenvalue weighted by Crippen LogP contribution is -2.26. The molecule has 2 aromatic carbocycles. The number of rotatable bonds is 5. The van der Waals surface area contributed by atoms with Gasteiger partial charge in [0.1, 0.15) is 17.1 Å². The summed E-state index contributed by atoms with van der Waals surface area (Å²) in [5.74, 6) is 1.21. The largest absolute Gasteiger partial charge is 0.523 e. The first kappa shape index (κ1) is 20.6. The van der Waals surface area contributed by atoms with Crippen molar-refractivity contribution in [1.29, 1.82) is 0 Å². The van der Waals surface area contributed by atoms with Crippen LogP contribution in [0.3, 0.4) is 0 Å². The van der Waals surface area contributed by atoms with Crippen LogP contribution in [0, 0.1) is 0 Å². The molecule has 28 heavy (non-hydrogen) atoms. The fourth-order valence-electron chi connectivity index (χ4n) is 2.53. The van der Waals surface area contributed by atoms with Crippen molar-refractivity contribution in [1.82, 2.24) is 0 Å². The van der Waals surface area contributed by atoms with Crippen LogP contribution in [0.25, 0.3) is 22.3 Å². The van der Waals surface area contributed by atoms with Crippen LogP contribution in [0.1, 0.15) is 0 Å². The number of hydrogen-bond acceptors (Lipinski definition) is 5. The highest BCUT2D eigenvalue weighted by molar-refractivity contribution is 8.32. The maximum absolute atomic E-state index is 12.6. The Morgan fingerprint density at radius 1 is 0.964 bits per heavy atom. The van der Waals surface area contributed by atoms with Gasteiger partial charge in [-0.3, -0.25) is 0 Å². The molecule has 0 radical (unpaired) electrons. The van der Waals surface area contributed by atoms with E-state index >= 15 is 0 Å². The van der Waals surface area contributed by atoms with Gasteiger partial charge in [-0.25, -0.2) is 3.63 Å². The molecule has 0 spiro atoms. The Hall–Kier alpha value is -2.17. The minimum atomic E-state index is -5.68. The van der Waals surface area contributed by atoms with E-state index < -0.39 is 25.9 Å². The molecule has 0 saturated carbocycles. The van der Waals surface area contributed by atoms with Crippen molar-refractivity contribution in [2.45, 2.75) is 10.4 Å². The summed E-state index contributed by atoms with van der Waals surface area (Å²) in [7, 11) is -6.82. The van der Waals surface area contributed by atoms with E-state index in [0.29, 0.717) is 27.6 Å². The van der Waals surface area contributed by atoms with Crippen molar-refractivity contribution in [3.63, 3.8) is 0 Å². The third-order valence-corrected chi connectivity index (χ3v) is 8.03. The van der Waals surface area contributed by atoms with Crippen LogP contribution < -0.4 is 4.74 Å². The van der Waals surface area contributed by atoms with Gasteiger partial charge in [0.25, 0.3) is 0 Å². The van der Waals surface area contributed by atoms with Gasteiger partial charge in [0, 0.05) is 21.9 Å². The summed E-state index contributed by atoms with van der Waals surface area (Å²) >= 11 is 0. The molecule has 10 heteroatoms. The van der Waals surface area contributed by atoms with Crippen molar-refractivity contribution < 1.29 is 34.4 Å². The summed E-state index contributed by atoms with van der Waals surface area (Å²) in [6, 6.07) is 13.6. The normalized spacial score (nSPS) is 13.6. The predicted octanol–water partition coefficient (Wildman–Crippen LogP) is 5.31. The number of alkyl halides is 3. The Labute approximate surface area is 161 Å². The standard InChI is InChI=1S/C18H17F3O5S2/c1-24-14-7-4-13-10-16(25-17(13)11-14)12-5-8-15(9-6-12)27(2,3)26-28(22,23)18(19,20)21/h4-11H,1-3H3. The summed E-state index contributed by atoms with van der Waals surface area (Å²) in [4.78, 5) is 0.349. The molecule has 0 atom stereocenters. The van der Waals surface area contributed by atoms with Crippen molar-refractivity contribution in [3.8, 4) is 17.1 Å². The molecular weight excluding hydrogens is 417 g/mol. The number of furan rings is 1. The van der Waals surface area contributed by atoms with Crippen LogP contribution in [-0.4, -0.2) is 33.5 Å². The van der Waals surface area contributed by atoms with Crippen molar-refractivity contribution in [2.75, 3.05) is 19.6 Å². The molecule has 0 aliphatic heterocycles. The third-order valence-electron chi connectivity index (χ3n) is 3.98. The van der Waals surface area contributed by atoms with E-state index in [1.54, 1.807) is 31.4 Å². The van der Waals surface area contributed by atoms with Crippen molar-refractivity contribution in [3.05, 3.63) is 48.5 Å². The molecule has 0 saturated heterocycles. The SMILES string of the molecule is COc1ccc2cc(-c3ccc(S(C)(C)OS(=O)(=O)C(F)(F)F)cc3)oc2c1. The van der Waals surface area contributed by atoms with Gasteiger partial charge in [-0.2, -0.15) is 21.6 Å². The second kappa shape index (κ2) is 7.02. The number of fused-ring (bicyclic) bond motifs is 1. The van der Waals surface area contributed by atoms with Crippen LogP contribution in [0.4, 0.5) is 13.2 Å². The van der Waals surface area contributed by atoms with Crippen molar-refractivity contribution >= 4 is 31.4 Å². The zero-order valence-electron chi connectivity index (χ0n) is 15.1. The van der Waals surface area contributed by atoms with Crippen molar-refractivity contribution in [2.24, 2.45) is 0 Å². The summed E-state index contributed by atoms with van der Waals surface area (Å²) in [5.41, 5.74) is -4.15. The maximum atomic E-state index is 12.6. The summed E-state index contributed by atoms with van der Waals surface area (Å²) in [6.07, 6.45) is 2.66. The molecule has 152 valence electrons. The first-order valence-electron chi connectivity index (χ1n) is 7.87. The van der Waals surface area contributed by atoms with Gasteiger partial charge in [-0.05, 0) is 42.8 Å². The molecule has 0 unspecified atom stereocenters. The zero-order valence-corrected chi connectivity index (χ0v) is 16.7. The van der Waals surface area contributed by atoms with Gasteiger partial charge in [0.15, 0.2) is 0 Å². The van der Waals surface area contributed by atoms with Crippen LogP contribution in [-0.2, 0) is 13.7 Å². The topological polar surface area (TPSA) is 65.7 Å². The highest BCUT2D eigenvalue weighted by atomic mass is 32.3. The number of ether oxygens (including phenoxy) is 1. The molecule has 1 aromatic heterocycles. The minimum Gasteiger partial charge on any atom is -0.497 e. The Balaban J connectivity index is 1.89. The zero-order chi connectivity index (χ0) is 20.7. The second-order valence-electron chi connectivity index (χ2n) is 6.24. The number of hydrogen-bond donors (Lipinski definition) is 0. The molecule has 5 nitrogen and oxygen atoms in total. The molecular formula is C18H17F3O5S2. The predicted molar refractivity (Wildman–Crippen MR) is 102 cm³/mol. The summed E-state index contributed by atoms with van der Waals surface area (Å²) in [5, 5.41) is 0.866. The smallest absolute Gasteiger partial charge is 0.497 e. The van der Waals surface area contributed by atoms with Gasteiger partial charge in [-0.1, -0.05) is 22.4 Å². The third kappa shape index (κ3) is 3.98. The van der Waals surface area contributed by atoms with Gasteiger partial charge in [0.05, 0.1) is 7.11 Å². The lowest BCUT2D eigenvalue weighted by atomic mass is 10.1. The Bertz CT molecular complexity index is 1100. The fraction of sp³-hybridized carbons (Fsp3) is 0.222. The first-order valence-corrected chi connectivity index (χ1v) is 11.6. The Morgan fingerprint density at radius 2 is 1.61 bits per heavy atom. The van der Waals surface area contributed by atoms with Gasteiger partial charge >= 0.3 is 15.6 Å². The van der Waals surface area contributed by atoms with E-state index in [4.69, 9.17) is 9.15 Å². The molecule has 0 N–H and O–H groups in total. The van der Waals surface area contributed by atoms with E-state index in [-0.39, 0.29) is 0 Å². The number of benzene rings is 2. The molecule has 0 fully saturated rings. The molecule has 0 aliphatic rings. The monoisotopic (exact) mass is 434 g/mol. The van der Waals surface area contributed by atoms with Gasteiger partial charge in [0.2, 0.25) is 0 Å². The number of methoxy groups -OCH3 is 1. The van der Waals surface area contributed by atoms with E-state index in [1.165, 1.54) is 24.6 Å². The van der Waals surface area contributed by atoms with E-state index in [9.17, 15) is 21.6 Å². The molecule has 3 aromatic rings. The molecule has 0 amide bonds. The minimum absolute atomic E-state index is 0.349. The molecule has 0 bridgehead atoms. The highest BCUT2D eigenvalue weighted by Crippen LogP contribution is 2.53. The maximum Gasteiger partial charge on any atom is 0.523 e. The first-order chi connectivity index (χ1) is 12.9. The van der Waals surface area contributed by atoms with E-state index in [2.05, 4.69) is 3.63 Å². The van der Waals surface area contributed by atoms with Gasteiger partial charge < -0.3 is 9.15 Å². The van der Waals surface area contributed by atoms with Crippen LogP contribution >= 0.6 is 10.3 Å². The Morgan fingerprint density at radius 3 is 2.18 bits per heavy atom. The summed E-state index contributed by atoms with van der Waals surface area (Å²) in [6.45, 7) is 0. The fourth-order valence-corrected chi connectivity index (χ4v) is 5.74. The van der Waals surface area contributed by atoms with Crippen LogP contribution in [0.15, 0.2) is 57.8 Å². The lowest BCUT2D eigenvalue weighted by molar-refractivity contribution is -0.0495. The molecule has 0 aliphatic carbocycles. The van der Waals surface area contributed by atoms with Crippen LogP contribution in [0.2, 0.25) is 0 Å². The van der Waals surface area contributed by atoms with Crippen LogP contribution in [0.5, 0.6) is 5.75 Å². The molecule has 3 rings (SSSR count). The van der Waals surface area contributed by atoms with Gasteiger partial charge in [-0.15, -0.1) is 0 Å². The quantitative estimate of drug-likeness (QED) is 0.509. The average Bonchev–Trinajstić information content (AvgIpc) is 3.03.